The molecule has 0 amide bonds. The number of hydrogen-bond donors (Lipinski definition) is 2. The van der Waals surface area contributed by atoms with E-state index < -0.39 is 5.97 Å². The standard InChI is InChI=1S/C26H31N3O3/c1-4-21-22(7-5-8-24(21)32-12-6-9-25(30)31)20-15-28-26(29-16-20)19-11-10-18(13-17(2)3)23(27)14-19/h5,7-8,10-11,14-17H,4,6,9,12-13,27H2,1-3H3,(H,30,31). The number of carboxylic acid groups (broad SMARTS) is 1. The van der Waals surface area contributed by atoms with Crippen LogP contribution < -0.4 is 10.5 Å². The molecule has 0 bridgehead atoms. The van der Waals surface area contributed by atoms with Gasteiger partial charge in [-0.25, -0.2) is 9.97 Å². The van der Waals surface area contributed by atoms with Gasteiger partial charge in [-0.2, -0.15) is 0 Å². The number of nitrogens with two attached hydrogens (primary N) is 1. The van der Waals surface area contributed by atoms with Crippen LogP contribution in [0.4, 0.5) is 5.69 Å². The van der Waals surface area contributed by atoms with Gasteiger partial charge in [-0.3, -0.25) is 4.79 Å². The number of nitrogens with zero attached hydrogens (tertiary/aromatic N) is 2. The second-order valence-electron chi connectivity index (χ2n) is 8.29. The number of aromatic nitrogens is 2. The van der Waals surface area contributed by atoms with Crippen LogP contribution in [-0.2, 0) is 17.6 Å². The molecule has 0 aliphatic carbocycles. The molecule has 1 aromatic heterocycles. The molecule has 0 unspecified atom stereocenters. The van der Waals surface area contributed by atoms with E-state index in [1.165, 1.54) is 0 Å². The van der Waals surface area contributed by atoms with Gasteiger partial charge in [-0.1, -0.05) is 45.0 Å². The molecule has 0 aliphatic rings. The molecule has 0 fully saturated rings. The lowest BCUT2D eigenvalue weighted by Crippen LogP contribution is -2.04. The van der Waals surface area contributed by atoms with E-state index in [2.05, 4.69) is 36.8 Å². The molecule has 6 nitrogen and oxygen atoms in total. The second kappa shape index (κ2) is 10.8. The zero-order valence-corrected chi connectivity index (χ0v) is 19.0. The van der Waals surface area contributed by atoms with Gasteiger partial charge in [0.2, 0.25) is 0 Å². The minimum Gasteiger partial charge on any atom is -0.493 e. The van der Waals surface area contributed by atoms with Crippen LogP contribution in [0.2, 0.25) is 0 Å². The van der Waals surface area contributed by atoms with Gasteiger partial charge >= 0.3 is 5.97 Å². The highest BCUT2D eigenvalue weighted by atomic mass is 16.5. The van der Waals surface area contributed by atoms with Gasteiger partial charge in [0.25, 0.3) is 0 Å². The Morgan fingerprint density at radius 3 is 2.50 bits per heavy atom. The maximum absolute atomic E-state index is 10.7. The molecule has 168 valence electrons. The fraction of sp³-hybridized carbons (Fsp3) is 0.346. The van der Waals surface area contributed by atoms with Crippen molar-refractivity contribution >= 4 is 11.7 Å². The molecule has 6 heteroatoms. The van der Waals surface area contributed by atoms with Gasteiger partial charge in [-0.05, 0) is 48.4 Å². The summed E-state index contributed by atoms with van der Waals surface area (Å²) in [6.07, 6.45) is 5.94. The summed E-state index contributed by atoms with van der Waals surface area (Å²) >= 11 is 0. The van der Waals surface area contributed by atoms with Gasteiger partial charge < -0.3 is 15.6 Å². The summed E-state index contributed by atoms with van der Waals surface area (Å²) in [7, 11) is 0. The first kappa shape index (κ1) is 23.3. The van der Waals surface area contributed by atoms with E-state index in [0.29, 0.717) is 24.8 Å². The predicted molar refractivity (Wildman–Crippen MR) is 128 cm³/mol. The van der Waals surface area contributed by atoms with Gasteiger partial charge in [0.05, 0.1) is 6.61 Å². The zero-order valence-electron chi connectivity index (χ0n) is 19.0. The second-order valence-corrected chi connectivity index (χ2v) is 8.29. The summed E-state index contributed by atoms with van der Waals surface area (Å²) in [5.74, 6) is 1.14. The molecule has 0 saturated heterocycles. The van der Waals surface area contributed by atoms with Crippen molar-refractivity contribution in [1.29, 1.82) is 0 Å². The largest absolute Gasteiger partial charge is 0.493 e. The van der Waals surface area contributed by atoms with Crippen LogP contribution in [0.1, 0.15) is 44.7 Å². The number of aliphatic carboxylic acids is 1. The van der Waals surface area contributed by atoms with Gasteiger partial charge in [0.15, 0.2) is 5.82 Å². The zero-order chi connectivity index (χ0) is 23.1. The fourth-order valence-corrected chi connectivity index (χ4v) is 3.72. The van der Waals surface area contributed by atoms with Crippen LogP contribution in [0.3, 0.4) is 0 Å². The van der Waals surface area contributed by atoms with Crippen molar-refractivity contribution in [3.05, 3.63) is 59.9 Å². The van der Waals surface area contributed by atoms with Gasteiger partial charge in [0, 0.05) is 41.2 Å². The minimum atomic E-state index is -0.813. The SMILES string of the molecule is CCc1c(OCCCC(=O)O)cccc1-c1cnc(-c2ccc(CC(C)C)c(N)c2)nc1. The lowest BCUT2D eigenvalue weighted by atomic mass is 9.98. The van der Waals surface area contributed by atoms with Gasteiger partial charge in [0.1, 0.15) is 5.75 Å². The van der Waals surface area contributed by atoms with Crippen LogP contribution in [0.5, 0.6) is 5.75 Å². The summed E-state index contributed by atoms with van der Waals surface area (Å²) in [6, 6.07) is 11.9. The number of anilines is 1. The normalized spacial score (nSPS) is 11.0. The molecular weight excluding hydrogens is 402 g/mol. The Balaban J connectivity index is 1.80. The summed E-state index contributed by atoms with van der Waals surface area (Å²) in [5, 5.41) is 8.80. The quantitative estimate of drug-likeness (QED) is 0.328. The molecule has 3 aromatic rings. The molecule has 32 heavy (non-hydrogen) atoms. The average molecular weight is 434 g/mol. The van der Waals surface area contributed by atoms with Crippen LogP contribution in [0.25, 0.3) is 22.5 Å². The maximum atomic E-state index is 10.7. The lowest BCUT2D eigenvalue weighted by molar-refractivity contribution is -0.137. The summed E-state index contributed by atoms with van der Waals surface area (Å²) < 4.78 is 5.87. The highest BCUT2D eigenvalue weighted by molar-refractivity contribution is 5.71. The van der Waals surface area contributed by atoms with Crippen molar-refractivity contribution in [2.24, 2.45) is 5.92 Å². The van der Waals surface area contributed by atoms with E-state index in [4.69, 9.17) is 15.6 Å². The van der Waals surface area contributed by atoms with E-state index in [-0.39, 0.29) is 6.42 Å². The number of benzene rings is 2. The van der Waals surface area contributed by atoms with Gasteiger partial charge in [-0.15, -0.1) is 0 Å². The average Bonchev–Trinajstić information content (AvgIpc) is 2.77. The van der Waals surface area contributed by atoms with Crippen LogP contribution in [0, 0.1) is 5.92 Å². The molecule has 2 aromatic carbocycles. The Morgan fingerprint density at radius 1 is 1.12 bits per heavy atom. The topological polar surface area (TPSA) is 98.3 Å². The third-order valence-corrected chi connectivity index (χ3v) is 5.27. The third kappa shape index (κ3) is 5.84. The Hall–Kier alpha value is -3.41. The molecular formula is C26H31N3O3. The first-order chi connectivity index (χ1) is 15.4. The minimum absolute atomic E-state index is 0.0966. The molecule has 3 N–H and O–H groups in total. The smallest absolute Gasteiger partial charge is 0.303 e. The maximum Gasteiger partial charge on any atom is 0.303 e. The van der Waals surface area contributed by atoms with Crippen LogP contribution in [0.15, 0.2) is 48.8 Å². The molecule has 0 spiro atoms. The summed E-state index contributed by atoms with van der Waals surface area (Å²) in [4.78, 5) is 19.9. The van der Waals surface area contributed by atoms with E-state index in [0.717, 1.165) is 52.1 Å². The lowest BCUT2D eigenvalue weighted by Gasteiger charge is -2.15. The highest BCUT2D eigenvalue weighted by Crippen LogP contribution is 2.32. The number of nitrogen functional groups attached to an aromatic ring is 1. The van der Waals surface area contributed by atoms with Crippen molar-refractivity contribution < 1.29 is 14.6 Å². The Kier molecular flexibility index (Phi) is 7.82. The van der Waals surface area contributed by atoms with E-state index >= 15 is 0 Å². The summed E-state index contributed by atoms with van der Waals surface area (Å²) in [5.41, 5.74) is 12.0. The number of hydrogen-bond acceptors (Lipinski definition) is 5. The van der Waals surface area contributed by atoms with E-state index in [9.17, 15) is 4.79 Å². The Labute approximate surface area is 189 Å². The molecule has 0 radical (unpaired) electrons. The van der Waals surface area contributed by atoms with Crippen LogP contribution in [-0.4, -0.2) is 27.7 Å². The molecule has 1 heterocycles. The molecule has 3 rings (SSSR count). The highest BCUT2D eigenvalue weighted by Gasteiger charge is 2.12. The summed E-state index contributed by atoms with van der Waals surface area (Å²) in [6.45, 7) is 6.79. The Morgan fingerprint density at radius 2 is 1.88 bits per heavy atom. The fourth-order valence-electron chi connectivity index (χ4n) is 3.72. The number of carboxylic acids is 1. The van der Waals surface area contributed by atoms with Crippen molar-refractivity contribution in [2.45, 2.75) is 46.5 Å². The van der Waals surface area contributed by atoms with Crippen molar-refractivity contribution in [2.75, 3.05) is 12.3 Å². The van der Waals surface area contributed by atoms with E-state index in [1.54, 1.807) is 0 Å². The molecule has 0 aliphatic heterocycles. The van der Waals surface area contributed by atoms with Crippen LogP contribution >= 0.6 is 0 Å². The number of carbonyl (C=O) groups is 1. The monoisotopic (exact) mass is 433 g/mol. The molecule has 0 atom stereocenters. The predicted octanol–water partition coefficient (Wildman–Crippen LogP) is 5.40. The van der Waals surface area contributed by atoms with Crippen molar-refractivity contribution in [1.82, 2.24) is 9.97 Å². The third-order valence-electron chi connectivity index (χ3n) is 5.27. The van der Waals surface area contributed by atoms with E-state index in [1.807, 2.05) is 42.7 Å². The van der Waals surface area contributed by atoms with Crippen molar-refractivity contribution in [3.8, 4) is 28.3 Å². The van der Waals surface area contributed by atoms with Crippen molar-refractivity contribution in [3.63, 3.8) is 0 Å². The number of rotatable bonds is 10. The number of ether oxygens (including phenoxy) is 1. The molecule has 0 saturated carbocycles. The first-order valence-electron chi connectivity index (χ1n) is 11.1. The Bertz CT molecular complexity index is 1060. The first-order valence-corrected chi connectivity index (χ1v) is 11.1.